The molecule has 5 nitrogen and oxygen atoms in total. The minimum atomic E-state index is -4.36. The van der Waals surface area contributed by atoms with Gasteiger partial charge in [-0.25, -0.2) is 0 Å². The highest BCUT2D eigenvalue weighted by Crippen LogP contribution is 2.30. The van der Waals surface area contributed by atoms with Crippen LogP contribution in [0.2, 0.25) is 0 Å². The van der Waals surface area contributed by atoms with Crippen LogP contribution in [0.15, 0.2) is 72.8 Å². The number of carbonyl (C=O) groups is 1. The molecule has 0 atom stereocenters. The second kappa shape index (κ2) is 12.2. The van der Waals surface area contributed by atoms with Crippen LogP contribution < -0.4 is 9.47 Å². The molecule has 200 valence electrons. The molecule has 1 heterocycles. The van der Waals surface area contributed by atoms with Crippen molar-refractivity contribution >= 4 is 12.0 Å². The quantitative estimate of drug-likeness (QED) is 0.341. The Labute approximate surface area is 221 Å². The Kier molecular flexibility index (Phi) is 8.73. The van der Waals surface area contributed by atoms with Crippen molar-refractivity contribution < 1.29 is 27.4 Å². The van der Waals surface area contributed by atoms with Crippen molar-refractivity contribution in [1.82, 2.24) is 9.80 Å². The summed E-state index contributed by atoms with van der Waals surface area (Å²) in [5.41, 5.74) is 2.74. The summed E-state index contributed by atoms with van der Waals surface area (Å²) in [4.78, 5) is 16.6. The fourth-order valence-corrected chi connectivity index (χ4v) is 4.39. The average molecular weight is 525 g/mol. The zero-order chi connectivity index (χ0) is 27.1. The number of alkyl halides is 3. The third kappa shape index (κ3) is 7.16. The van der Waals surface area contributed by atoms with Gasteiger partial charge in [0.25, 0.3) is 0 Å². The third-order valence-corrected chi connectivity index (χ3v) is 6.54. The molecule has 3 aromatic rings. The molecule has 0 spiro atoms. The molecule has 1 aliphatic heterocycles. The molecule has 0 aliphatic carbocycles. The number of carbonyl (C=O) groups excluding carboxylic acids is 1. The monoisotopic (exact) mass is 524 g/mol. The average Bonchev–Trinajstić information content (AvgIpc) is 2.91. The molecule has 38 heavy (non-hydrogen) atoms. The summed E-state index contributed by atoms with van der Waals surface area (Å²) in [7, 11) is 1.61. The first kappa shape index (κ1) is 27.3. The number of methoxy groups -OCH3 is 1. The second-order valence-electron chi connectivity index (χ2n) is 9.26. The topological polar surface area (TPSA) is 42.0 Å². The van der Waals surface area contributed by atoms with Gasteiger partial charge in [0.15, 0.2) is 0 Å². The van der Waals surface area contributed by atoms with E-state index in [4.69, 9.17) is 9.47 Å². The molecule has 1 saturated heterocycles. The van der Waals surface area contributed by atoms with Gasteiger partial charge in [0.2, 0.25) is 5.91 Å². The predicted octanol–water partition coefficient (Wildman–Crippen LogP) is 5.96. The van der Waals surface area contributed by atoms with E-state index in [1.165, 1.54) is 12.1 Å². The van der Waals surface area contributed by atoms with Crippen LogP contribution >= 0.6 is 0 Å². The lowest BCUT2D eigenvalue weighted by atomic mass is 10.1. The third-order valence-electron chi connectivity index (χ3n) is 6.54. The van der Waals surface area contributed by atoms with Crippen LogP contribution in [0.25, 0.3) is 6.08 Å². The normalized spacial score (nSPS) is 14.6. The molecule has 0 radical (unpaired) electrons. The summed E-state index contributed by atoms with van der Waals surface area (Å²) < 4.78 is 50.4. The number of benzene rings is 3. The lowest BCUT2D eigenvalue weighted by Crippen LogP contribution is -2.47. The Morgan fingerprint density at radius 2 is 1.71 bits per heavy atom. The van der Waals surface area contributed by atoms with Crippen LogP contribution in [0.5, 0.6) is 11.5 Å². The number of piperazine rings is 1. The fourth-order valence-electron chi connectivity index (χ4n) is 4.39. The lowest BCUT2D eigenvalue weighted by molar-refractivity contribution is -0.137. The molecule has 0 N–H and O–H groups in total. The molecule has 0 aromatic heterocycles. The molecule has 0 bridgehead atoms. The summed E-state index contributed by atoms with van der Waals surface area (Å²) >= 11 is 0. The van der Waals surface area contributed by atoms with Crippen LogP contribution in [0.3, 0.4) is 0 Å². The van der Waals surface area contributed by atoms with Crippen LogP contribution in [-0.2, 0) is 24.1 Å². The standard InChI is InChI=1S/C30H31F3N2O3/c1-22-6-3-4-9-27(22)38-21-25-18-23(10-12-28(25)37-2)11-13-29(36)35-16-14-34(15-17-35)20-24-7-5-8-26(19-24)30(31,32)33/h3-13,18-19H,14-17,20-21H2,1-2H3/b13-11+. The van der Waals surface area contributed by atoms with Crippen molar-refractivity contribution in [3.8, 4) is 11.5 Å². The highest BCUT2D eigenvalue weighted by Gasteiger charge is 2.30. The van der Waals surface area contributed by atoms with Gasteiger partial charge in [-0.2, -0.15) is 13.2 Å². The second-order valence-corrected chi connectivity index (χ2v) is 9.26. The highest BCUT2D eigenvalue weighted by molar-refractivity contribution is 5.91. The van der Waals surface area contributed by atoms with Crippen LogP contribution in [0, 0.1) is 6.92 Å². The first-order chi connectivity index (χ1) is 18.2. The van der Waals surface area contributed by atoms with Gasteiger partial charge < -0.3 is 14.4 Å². The molecule has 8 heteroatoms. The molecular formula is C30H31F3N2O3. The predicted molar refractivity (Wildman–Crippen MR) is 141 cm³/mol. The van der Waals surface area contributed by atoms with E-state index in [2.05, 4.69) is 4.90 Å². The number of aryl methyl sites for hydroxylation is 1. The van der Waals surface area contributed by atoms with E-state index < -0.39 is 11.7 Å². The van der Waals surface area contributed by atoms with Gasteiger partial charge in [-0.05, 0) is 54.0 Å². The summed E-state index contributed by atoms with van der Waals surface area (Å²) in [6.45, 7) is 4.96. The van der Waals surface area contributed by atoms with E-state index in [0.717, 1.165) is 28.5 Å². The molecule has 3 aromatic carbocycles. The van der Waals surface area contributed by atoms with Crippen molar-refractivity contribution in [3.63, 3.8) is 0 Å². The summed E-state index contributed by atoms with van der Waals surface area (Å²) in [5, 5.41) is 0. The minimum absolute atomic E-state index is 0.0998. The van der Waals surface area contributed by atoms with Gasteiger partial charge >= 0.3 is 6.18 Å². The zero-order valence-corrected chi connectivity index (χ0v) is 21.5. The molecule has 1 fully saturated rings. The van der Waals surface area contributed by atoms with Gasteiger partial charge in [-0.15, -0.1) is 0 Å². The lowest BCUT2D eigenvalue weighted by Gasteiger charge is -2.34. The van der Waals surface area contributed by atoms with Crippen LogP contribution in [-0.4, -0.2) is 49.0 Å². The molecule has 4 rings (SSSR count). The van der Waals surface area contributed by atoms with E-state index in [1.807, 2.05) is 49.4 Å². The highest BCUT2D eigenvalue weighted by atomic mass is 19.4. The van der Waals surface area contributed by atoms with Crippen molar-refractivity contribution in [2.24, 2.45) is 0 Å². The van der Waals surface area contributed by atoms with Gasteiger partial charge in [-0.1, -0.05) is 42.5 Å². The van der Waals surface area contributed by atoms with Crippen LogP contribution in [0.1, 0.15) is 27.8 Å². The van der Waals surface area contributed by atoms with Gasteiger partial charge in [-0.3, -0.25) is 9.69 Å². The largest absolute Gasteiger partial charge is 0.496 e. The van der Waals surface area contributed by atoms with Crippen molar-refractivity contribution in [1.29, 1.82) is 0 Å². The molecule has 1 amide bonds. The number of nitrogens with zero attached hydrogens (tertiary/aromatic N) is 2. The SMILES string of the molecule is COc1ccc(/C=C/C(=O)N2CCN(Cc3cccc(C(F)(F)F)c3)CC2)cc1COc1ccccc1C. The van der Waals surface area contributed by atoms with Gasteiger partial charge in [0.1, 0.15) is 18.1 Å². The number of rotatable bonds is 8. The Morgan fingerprint density at radius 1 is 0.947 bits per heavy atom. The zero-order valence-electron chi connectivity index (χ0n) is 21.5. The Balaban J connectivity index is 1.32. The maximum Gasteiger partial charge on any atom is 0.416 e. The Bertz CT molecular complexity index is 1280. The van der Waals surface area contributed by atoms with Crippen molar-refractivity contribution in [3.05, 3.63) is 101 Å². The maximum absolute atomic E-state index is 13.0. The summed E-state index contributed by atoms with van der Waals surface area (Å²) in [6, 6.07) is 18.9. The Hall–Kier alpha value is -3.78. The fraction of sp³-hybridized carbons (Fsp3) is 0.300. The summed E-state index contributed by atoms with van der Waals surface area (Å²) in [6.07, 6.45) is -1.03. The van der Waals surface area contributed by atoms with E-state index in [1.54, 1.807) is 30.2 Å². The number of ether oxygens (including phenoxy) is 2. The smallest absolute Gasteiger partial charge is 0.416 e. The number of hydrogen-bond acceptors (Lipinski definition) is 4. The molecule has 0 unspecified atom stereocenters. The first-order valence-electron chi connectivity index (χ1n) is 12.4. The summed E-state index contributed by atoms with van der Waals surface area (Å²) in [5.74, 6) is 1.41. The number of halogens is 3. The van der Waals surface area contributed by atoms with E-state index in [-0.39, 0.29) is 5.91 Å². The molecule has 0 saturated carbocycles. The van der Waals surface area contributed by atoms with Gasteiger partial charge in [0.05, 0.1) is 12.7 Å². The molecular weight excluding hydrogens is 493 g/mol. The van der Waals surface area contributed by atoms with E-state index in [9.17, 15) is 18.0 Å². The van der Waals surface area contributed by atoms with Gasteiger partial charge in [0, 0.05) is 44.4 Å². The minimum Gasteiger partial charge on any atom is -0.496 e. The first-order valence-corrected chi connectivity index (χ1v) is 12.4. The number of amides is 1. The maximum atomic E-state index is 13.0. The van der Waals surface area contributed by atoms with Crippen molar-refractivity contribution in [2.75, 3.05) is 33.3 Å². The van der Waals surface area contributed by atoms with Crippen LogP contribution in [0.4, 0.5) is 13.2 Å². The van der Waals surface area contributed by atoms with E-state index in [0.29, 0.717) is 50.6 Å². The number of hydrogen-bond donors (Lipinski definition) is 0. The van der Waals surface area contributed by atoms with E-state index >= 15 is 0 Å². The molecule has 1 aliphatic rings. The number of para-hydroxylation sites is 1. The Morgan fingerprint density at radius 3 is 2.42 bits per heavy atom. The van der Waals surface area contributed by atoms with Crippen molar-refractivity contribution in [2.45, 2.75) is 26.3 Å².